The Morgan fingerprint density at radius 3 is 1.48 bits per heavy atom. The SMILES string of the molecule is CC1(C)c2cc(-c3ccc(-c4cccc5c4sc4ccccc45)cc3)ccc2-c2ccc(-c3nc(-c4cccc5oc6ccccc6c45)nc(-c4cccc5oc6ccccc6c45)n3)cc21. The average Bonchev–Trinajstić information content (AvgIpc) is 4.12. The summed E-state index contributed by atoms with van der Waals surface area (Å²) in [6.07, 6.45) is 0. The summed E-state index contributed by atoms with van der Waals surface area (Å²) in [4.78, 5) is 15.9. The first-order valence-electron chi connectivity index (χ1n) is 22.3. The van der Waals surface area contributed by atoms with Crippen LogP contribution in [0, 0.1) is 0 Å². The van der Waals surface area contributed by atoms with Crippen LogP contribution in [0.3, 0.4) is 0 Å². The summed E-state index contributed by atoms with van der Waals surface area (Å²) >= 11 is 1.87. The number of thiophene rings is 1. The molecule has 4 heterocycles. The quantitative estimate of drug-likeness (QED) is 0.172. The zero-order valence-electron chi connectivity index (χ0n) is 36.0. The van der Waals surface area contributed by atoms with Gasteiger partial charge >= 0.3 is 0 Å². The molecule has 0 saturated heterocycles. The molecule has 0 N–H and O–H groups in total. The highest BCUT2D eigenvalue weighted by Crippen LogP contribution is 2.51. The Morgan fingerprint density at radius 1 is 0.364 bits per heavy atom. The van der Waals surface area contributed by atoms with Crippen molar-refractivity contribution in [3.8, 4) is 67.5 Å². The van der Waals surface area contributed by atoms with E-state index >= 15 is 0 Å². The highest BCUT2D eigenvalue weighted by molar-refractivity contribution is 7.26. The summed E-state index contributed by atoms with van der Waals surface area (Å²) in [6, 6.07) is 66.6. The number of benzene rings is 9. The van der Waals surface area contributed by atoms with Gasteiger partial charge in [-0.05, 0) is 87.0 Å². The van der Waals surface area contributed by atoms with Crippen molar-refractivity contribution in [2.24, 2.45) is 0 Å². The summed E-state index contributed by atoms with van der Waals surface area (Å²) in [5.41, 5.74) is 15.6. The molecule has 0 bridgehead atoms. The molecular weight excluding hydrogens is 827 g/mol. The Morgan fingerprint density at radius 2 is 0.833 bits per heavy atom. The van der Waals surface area contributed by atoms with Gasteiger partial charge in [-0.2, -0.15) is 0 Å². The van der Waals surface area contributed by atoms with Crippen molar-refractivity contribution in [2.75, 3.05) is 0 Å². The summed E-state index contributed by atoms with van der Waals surface area (Å²) in [5.74, 6) is 1.76. The fourth-order valence-corrected chi connectivity index (χ4v) is 11.8. The molecule has 1 aliphatic carbocycles. The van der Waals surface area contributed by atoms with Crippen LogP contribution in [0.5, 0.6) is 0 Å². The van der Waals surface area contributed by atoms with Gasteiger partial charge in [0.2, 0.25) is 0 Å². The molecule has 0 radical (unpaired) electrons. The third kappa shape index (κ3) is 5.49. The molecule has 5 nitrogen and oxygen atoms in total. The molecule has 1 aliphatic rings. The smallest absolute Gasteiger partial charge is 0.164 e. The van der Waals surface area contributed by atoms with E-state index in [9.17, 15) is 0 Å². The van der Waals surface area contributed by atoms with Crippen LogP contribution in [0.4, 0.5) is 0 Å². The number of aromatic nitrogens is 3. The molecule has 310 valence electrons. The molecule has 0 saturated carbocycles. The predicted octanol–water partition coefficient (Wildman–Crippen LogP) is 16.7. The van der Waals surface area contributed by atoms with E-state index in [4.69, 9.17) is 23.8 Å². The maximum Gasteiger partial charge on any atom is 0.164 e. The zero-order chi connectivity index (χ0) is 43.7. The number of hydrogen-bond donors (Lipinski definition) is 0. The fraction of sp³-hybridized carbons (Fsp3) is 0.0500. The molecule has 0 spiro atoms. The molecule has 6 heteroatoms. The van der Waals surface area contributed by atoms with Crippen molar-refractivity contribution in [3.05, 3.63) is 199 Å². The van der Waals surface area contributed by atoms with Crippen LogP contribution >= 0.6 is 11.3 Å². The molecule has 9 aromatic carbocycles. The first-order valence-corrected chi connectivity index (χ1v) is 23.1. The molecular formula is C60H37N3O2S. The maximum absolute atomic E-state index is 6.34. The van der Waals surface area contributed by atoms with Gasteiger partial charge in [0.15, 0.2) is 17.5 Å². The van der Waals surface area contributed by atoms with E-state index in [1.165, 1.54) is 64.7 Å². The van der Waals surface area contributed by atoms with Gasteiger partial charge in [0.05, 0.1) is 0 Å². The lowest BCUT2D eigenvalue weighted by Gasteiger charge is -2.22. The van der Waals surface area contributed by atoms with Crippen molar-refractivity contribution < 1.29 is 8.83 Å². The molecule has 0 fully saturated rings. The summed E-state index contributed by atoms with van der Waals surface area (Å²) in [5, 5.41) is 6.64. The highest BCUT2D eigenvalue weighted by Gasteiger charge is 2.36. The largest absolute Gasteiger partial charge is 0.456 e. The van der Waals surface area contributed by atoms with Crippen LogP contribution in [-0.2, 0) is 5.41 Å². The Bertz CT molecular complexity index is 4020. The summed E-state index contributed by atoms with van der Waals surface area (Å²) in [7, 11) is 0. The summed E-state index contributed by atoms with van der Waals surface area (Å²) in [6.45, 7) is 4.67. The Kier molecular flexibility index (Phi) is 7.84. The minimum Gasteiger partial charge on any atom is -0.456 e. The second kappa shape index (κ2) is 13.9. The van der Waals surface area contributed by atoms with Gasteiger partial charge in [0.1, 0.15) is 22.3 Å². The lowest BCUT2D eigenvalue weighted by molar-refractivity contribution is 0.660. The molecule has 0 amide bonds. The normalized spacial score (nSPS) is 13.1. The first-order chi connectivity index (χ1) is 32.4. The number of fused-ring (bicyclic) bond motifs is 12. The highest BCUT2D eigenvalue weighted by atomic mass is 32.1. The number of rotatable bonds is 5. The van der Waals surface area contributed by atoms with E-state index in [1.54, 1.807) is 0 Å². The van der Waals surface area contributed by atoms with Gasteiger partial charge in [-0.1, -0.05) is 159 Å². The maximum atomic E-state index is 6.34. The van der Waals surface area contributed by atoms with Gasteiger partial charge in [0.25, 0.3) is 0 Å². The lowest BCUT2D eigenvalue weighted by atomic mass is 9.81. The topological polar surface area (TPSA) is 65.0 Å². The second-order valence-corrected chi connectivity index (χ2v) is 18.9. The Labute approximate surface area is 383 Å². The zero-order valence-corrected chi connectivity index (χ0v) is 36.8. The number of hydrogen-bond acceptors (Lipinski definition) is 6. The van der Waals surface area contributed by atoms with Crippen LogP contribution < -0.4 is 0 Å². The monoisotopic (exact) mass is 863 g/mol. The summed E-state index contributed by atoms with van der Waals surface area (Å²) < 4.78 is 15.3. The molecule has 0 unspecified atom stereocenters. The number of furan rings is 2. The van der Waals surface area contributed by atoms with E-state index in [0.717, 1.165) is 60.6 Å². The minimum atomic E-state index is -0.283. The van der Waals surface area contributed by atoms with Gasteiger partial charge in [-0.15, -0.1) is 11.3 Å². The van der Waals surface area contributed by atoms with Crippen molar-refractivity contribution in [1.82, 2.24) is 15.0 Å². The van der Waals surface area contributed by atoms with Gasteiger partial charge in [-0.25, -0.2) is 15.0 Å². The van der Waals surface area contributed by atoms with E-state index in [2.05, 4.69) is 141 Å². The van der Waals surface area contributed by atoms with E-state index in [0.29, 0.717) is 17.5 Å². The Hall–Kier alpha value is -8.19. The van der Waals surface area contributed by atoms with Gasteiger partial charge in [-0.3, -0.25) is 0 Å². The van der Waals surface area contributed by atoms with Crippen LogP contribution in [0.2, 0.25) is 0 Å². The third-order valence-electron chi connectivity index (χ3n) is 13.8. The molecule has 0 atom stereocenters. The van der Waals surface area contributed by atoms with Crippen LogP contribution in [0.15, 0.2) is 197 Å². The molecule has 14 rings (SSSR count). The molecule has 66 heavy (non-hydrogen) atoms. The van der Waals surface area contributed by atoms with Gasteiger partial charge in [0, 0.05) is 63.8 Å². The van der Waals surface area contributed by atoms with Crippen molar-refractivity contribution in [2.45, 2.75) is 19.3 Å². The lowest BCUT2D eigenvalue weighted by Crippen LogP contribution is -2.15. The number of para-hydroxylation sites is 2. The van der Waals surface area contributed by atoms with Crippen LogP contribution in [0.25, 0.3) is 132 Å². The second-order valence-electron chi connectivity index (χ2n) is 17.9. The van der Waals surface area contributed by atoms with Crippen LogP contribution in [-0.4, -0.2) is 15.0 Å². The first kappa shape index (κ1) is 37.2. The van der Waals surface area contributed by atoms with E-state index in [1.807, 2.05) is 72.0 Å². The van der Waals surface area contributed by atoms with Crippen molar-refractivity contribution in [3.63, 3.8) is 0 Å². The average molecular weight is 864 g/mol. The van der Waals surface area contributed by atoms with Gasteiger partial charge < -0.3 is 8.83 Å². The number of nitrogens with zero attached hydrogens (tertiary/aromatic N) is 3. The van der Waals surface area contributed by atoms with Crippen molar-refractivity contribution in [1.29, 1.82) is 0 Å². The van der Waals surface area contributed by atoms with E-state index < -0.39 is 0 Å². The van der Waals surface area contributed by atoms with Crippen LogP contribution in [0.1, 0.15) is 25.0 Å². The molecule has 0 aliphatic heterocycles. The van der Waals surface area contributed by atoms with E-state index in [-0.39, 0.29) is 5.41 Å². The minimum absolute atomic E-state index is 0.283. The molecule has 13 aromatic rings. The van der Waals surface area contributed by atoms with Crippen molar-refractivity contribution >= 4 is 75.4 Å². The standard InChI is InChI=1S/C60H37N3O2S/c1-60(2)47-32-36(34-24-26-35(27-25-34)38-15-9-16-42-41-12-5-8-23-53(41)66-56(38)42)28-30-39(47)40-31-29-37(33-48(40)60)57-61-58(45-17-10-21-51-54(45)43-13-3-6-19-49(43)64-51)63-59(62-57)46-18-11-22-52-55(46)44-14-4-7-20-50(44)65-52/h3-33H,1-2H3. The predicted molar refractivity (Wildman–Crippen MR) is 272 cm³/mol. The Balaban J connectivity index is 0.877. The fourth-order valence-electron chi connectivity index (χ4n) is 10.5. The third-order valence-corrected chi connectivity index (χ3v) is 15.0. The molecule has 4 aromatic heterocycles.